The van der Waals surface area contributed by atoms with E-state index in [1.807, 2.05) is 42.6 Å². The van der Waals surface area contributed by atoms with Crippen LogP contribution < -0.4 is 11.1 Å². The Kier molecular flexibility index (Phi) is 4.86. The molecule has 3 aromatic heterocycles. The van der Waals surface area contributed by atoms with Gasteiger partial charge in [0, 0.05) is 18.8 Å². The van der Waals surface area contributed by atoms with Crippen LogP contribution in [-0.4, -0.2) is 15.8 Å². The van der Waals surface area contributed by atoms with Crippen molar-refractivity contribution in [3.05, 3.63) is 69.8 Å². The number of carbonyl (C=O) groups is 1. The lowest BCUT2D eigenvalue weighted by Crippen LogP contribution is -2.07. The molecule has 0 aromatic carbocycles. The first kappa shape index (κ1) is 16.1. The van der Waals surface area contributed by atoms with Gasteiger partial charge in [0.05, 0.1) is 22.8 Å². The van der Waals surface area contributed by atoms with Gasteiger partial charge >= 0.3 is 0 Å². The molecule has 122 valence electrons. The number of aryl methyl sites for hydroxylation is 1. The van der Waals surface area contributed by atoms with Crippen molar-refractivity contribution in [2.45, 2.75) is 19.9 Å². The number of nitrogen functional groups attached to an aromatic ring is 1. The lowest BCUT2D eigenvalue weighted by molar-refractivity contribution is 0.0997. The maximum Gasteiger partial charge on any atom is 0.177 e. The van der Waals surface area contributed by atoms with Gasteiger partial charge in [-0.05, 0) is 53.8 Å². The summed E-state index contributed by atoms with van der Waals surface area (Å²) >= 11 is 1.49. The maximum absolute atomic E-state index is 12.3. The average Bonchev–Trinajstić information content (AvgIpc) is 3.01. The first-order chi connectivity index (χ1) is 11.6. The van der Waals surface area contributed by atoms with E-state index in [1.165, 1.54) is 11.3 Å². The number of aromatic nitrogens is 2. The van der Waals surface area contributed by atoms with Crippen molar-refractivity contribution in [3.63, 3.8) is 0 Å². The zero-order valence-corrected chi connectivity index (χ0v) is 14.1. The highest BCUT2D eigenvalue weighted by Gasteiger charge is 2.10. The molecule has 0 saturated carbocycles. The molecule has 3 aromatic rings. The summed E-state index contributed by atoms with van der Waals surface area (Å²) in [6.45, 7) is 2.52. The summed E-state index contributed by atoms with van der Waals surface area (Å²) in [5.41, 5.74) is 9.51. The molecular weight excluding hydrogens is 320 g/mol. The quantitative estimate of drug-likeness (QED) is 0.673. The van der Waals surface area contributed by atoms with Gasteiger partial charge in [0.1, 0.15) is 5.82 Å². The number of anilines is 2. The molecule has 0 atom stereocenters. The predicted octanol–water partition coefficient (Wildman–Crippen LogP) is 3.47. The number of Topliss-reactive ketones (excluding diaryl/α,β-unsaturated/α-hetero) is 1. The molecule has 0 aliphatic rings. The topological polar surface area (TPSA) is 80.9 Å². The Hall–Kier alpha value is -2.73. The fraction of sp³-hybridized carbons (Fsp3) is 0.167. The molecule has 24 heavy (non-hydrogen) atoms. The minimum atomic E-state index is 0.134. The van der Waals surface area contributed by atoms with Crippen LogP contribution in [0.1, 0.15) is 26.5 Å². The van der Waals surface area contributed by atoms with Crippen LogP contribution in [0.4, 0.5) is 11.5 Å². The highest BCUT2D eigenvalue weighted by molar-refractivity contribution is 7.12. The smallest absolute Gasteiger partial charge is 0.177 e. The molecule has 0 radical (unpaired) electrons. The summed E-state index contributed by atoms with van der Waals surface area (Å²) < 4.78 is 0. The van der Waals surface area contributed by atoms with Crippen molar-refractivity contribution >= 4 is 28.6 Å². The van der Waals surface area contributed by atoms with E-state index in [0.29, 0.717) is 18.8 Å². The number of nitrogens with one attached hydrogen (secondary N) is 1. The molecule has 5 nitrogen and oxygen atoms in total. The Morgan fingerprint density at radius 2 is 2.12 bits per heavy atom. The van der Waals surface area contributed by atoms with Crippen LogP contribution in [0.15, 0.2) is 48.1 Å². The SMILES string of the molecule is Cc1csc(C(=O)Cc2ccnc(CNc3cccnc3N)c2)c1. The zero-order chi connectivity index (χ0) is 16.9. The fourth-order valence-electron chi connectivity index (χ4n) is 2.34. The van der Waals surface area contributed by atoms with E-state index >= 15 is 0 Å². The largest absolute Gasteiger partial charge is 0.382 e. The van der Waals surface area contributed by atoms with Crippen LogP contribution in [0.5, 0.6) is 0 Å². The summed E-state index contributed by atoms with van der Waals surface area (Å²) in [6, 6.07) is 9.44. The fourth-order valence-corrected chi connectivity index (χ4v) is 3.18. The van der Waals surface area contributed by atoms with Crippen molar-refractivity contribution < 1.29 is 4.79 Å². The molecule has 0 saturated heterocycles. The third-order valence-corrected chi connectivity index (χ3v) is 4.64. The minimum Gasteiger partial charge on any atom is -0.382 e. The Labute approximate surface area is 144 Å². The highest BCUT2D eigenvalue weighted by Crippen LogP contribution is 2.18. The summed E-state index contributed by atoms with van der Waals surface area (Å²) in [5.74, 6) is 0.589. The summed E-state index contributed by atoms with van der Waals surface area (Å²) in [4.78, 5) is 21.5. The van der Waals surface area contributed by atoms with E-state index in [0.717, 1.165) is 27.4 Å². The zero-order valence-electron chi connectivity index (χ0n) is 13.3. The molecule has 6 heteroatoms. The van der Waals surface area contributed by atoms with Crippen molar-refractivity contribution in [1.29, 1.82) is 0 Å². The molecule has 0 aliphatic heterocycles. The van der Waals surface area contributed by atoms with E-state index in [4.69, 9.17) is 5.73 Å². The first-order valence-electron chi connectivity index (χ1n) is 7.58. The average molecular weight is 338 g/mol. The van der Waals surface area contributed by atoms with Crippen LogP contribution in [0.3, 0.4) is 0 Å². The van der Waals surface area contributed by atoms with Gasteiger partial charge in [0.2, 0.25) is 0 Å². The van der Waals surface area contributed by atoms with Crippen LogP contribution in [0.25, 0.3) is 0 Å². The van der Waals surface area contributed by atoms with Crippen molar-refractivity contribution in [3.8, 4) is 0 Å². The number of hydrogen-bond donors (Lipinski definition) is 2. The first-order valence-corrected chi connectivity index (χ1v) is 8.46. The highest BCUT2D eigenvalue weighted by atomic mass is 32.1. The van der Waals surface area contributed by atoms with E-state index in [9.17, 15) is 4.79 Å². The van der Waals surface area contributed by atoms with E-state index in [1.54, 1.807) is 12.4 Å². The van der Waals surface area contributed by atoms with Gasteiger partial charge in [0.15, 0.2) is 5.78 Å². The normalized spacial score (nSPS) is 10.5. The van der Waals surface area contributed by atoms with Gasteiger partial charge in [-0.3, -0.25) is 9.78 Å². The van der Waals surface area contributed by atoms with Gasteiger partial charge < -0.3 is 11.1 Å². The lowest BCUT2D eigenvalue weighted by atomic mass is 10.1. The predicted molar refractivity (Wildman–Crippen MR) is 97.3 cm³/mol. The van der Waals surface area contributed by atoms with Crippen molar-refractivity contribution in [2.75, 3.05) is 11.1 Å². The third-order valence-electron chi connectivity index (χ3n) is 3.55. The summed E-state index contributed by atoms with van der Waals surface area (Å²) in [6.07, 6.45) is 3.76. The number of nitrogens with zero attached hydrogens (tertiary/aromatic N) is 2. The second-order valence-electron chi connectivity index (χ2n) is 5.53. The van der Waals surface area contributed by atoms with Crippen LogP contribution in [0, 0.1) is 6.92 Å². The number of carbonyl (C=O) groups excluding carboxylic acids is 1. The molecule has 3 N–H and O–H groups in total. The van der Waals surface area contributed by atoms with Gasteiger partial charge in [-0.15, -0.1) is 11.3 Å². The molecule has 0 spiro atoms. The van der Waals surface area contributed by atoms with E-state index in [2.05, 4.69) is 15.3 Å². The second-order valence-corrected chi connectivity index (χ2v) is 6.44. The van der Waals surface area contributed by atoms with Gasteiger partial charge in [0.25, 0.3) is 0 Å². The third kappa shape index (κ3) is 3.97. The molecule has 0 aliphatic carbocycles. The number of rotatable bonds is 6. The van der Waals surface area contributed by atoms with Crippen molar-refractivity contribution in [1.82, 2.24) is 9.97 Å². The Bertz CT molecular complexity index is 859. The van der Waals surface area contributed by atoms with Crippen molar-refractivity contribution in [2.24, 2.45) is 0 Å². The Morgan fingerprint density at radius 3 is 2.88 bits per heavy atom. The molecule has 3 rings (SSSR count). The Balaban J connectivity index is 1.66. The number of ketones is 1. The maximum atomic E-state index is 12.3. The van der Waals surface area contributed by atoms with E-state index < -0.39 is 0 Å². The standard InChI is InChI=1S/C18H18N4OS/c1-12-7-17(24-11-12)16(23)9-13-4-6-20-14(8-13)10-22-15-3-2-5-21-18(15)19/h2-8,11,22H,9-10H2,1H3,(H2,19,21). The van der Waals surface area contributed by atoms with Gasteiger partial charge in [-0.2, -0.15) is 0 Å². The monoisotopic (exact) mass is 338 g/mol. The lowest BCUT2D eigenvalue weighted by Gasteiger charge is -2.08. The molecule has 0 bridgehead atoms. The Morgan fingerprint density at radius 1 is 1.25 bits per heavy atom. The summed E-state index contributed by atoms with van der Waals surface area (Å²) in [5, 5.41) is 5.21. The van der Waals surface area contributed by atoms with Crippen LogP contribution in [0.2, 0.25) is 0 Å². The molecule has 0 fully saturated rings. The van der Waals surface area contributed by atoms with Crippen LogP contribution >= 0.6 is 11.3 Å². The second kappa shape index (κ2) is 7.23. The molecule has 0 unspecified atom stereocenters. The molecule has 3 heterocycles. The summed E-state index contributed by atoms with van der Waals surface area (Å²) in [7, 11) is 0. The van der Waals surface area contributed by atoms with Crippen LogP contribution in [-0.2, 0) is 13.0 Å². The minimum absolute atomic E-state index is 0.134. The number of hydrogen-bond acceptors (Lipinski definition) is 6. The number of nitrogens with two attached hydrogens (primary N) is 1. The van der Waals surface area contributed by atoms with Gasteiger partial charge in [-0.1, -0.05) is 0 Å². The molecular formula is C18H18N4OS. The molecule has 0 amide bonds. The van der Waals surface area contributed by atoms with E-state index in [-0.39, 0.29) is 5.78 Å². The van der Waals surface area contributed by atoms with Gasteiger partial charge in [-0.25, -0.2) is 4.98 Å². The number of thiophene rings is 1. The number of pyridine rings is 2.